The van der Waals surface area contributed by atoms with Crippen molar-refractivity contribution in [1.29, 1.82) is 0 Å². The lowest BCUT2D eigenvalue weighted by molar-refractivity contribution is -0.146. The SMILES string of the molecule is Cc1ccc(C(=O)NCCNC(=O)C23CC4CC(CC(C4)C2)C3)cc1F. The molecule has 5 heteroatoms. The molecule has 4 nitrogen and oxygen atoms in total. The summed E-state index contributed by atoms with van der Waals surface area (Å²) in [6.07, 6.45) is 7.07. The first-order chi connectivity index (χ1) is 12.4. The van der Waals surface area contributed by atoms with Crippen molar-refractivity contribution < 1.29 is 14.0 Å². The van der Waals surface area contributed by atoms with Crippen molar-refractivity contribution in [3.05, 3.63) is 35.1 Å². The summed E-state index contributed by atoms with van der Waals surface area (Å²) in [4.78, 5) is 24.9. The molecule has 26 heavy (non-hydrogen) atoms. The van der Waals surface area contributed by atoms with Crippen LogP contribution in [0, 0.1) is 35.9 Å². The van der Waals surface area contributed by atoms with Crippen molar-refractivity contribution in [2.45, 2.75) is 45.4 Å². The lowest BCUT2D eigenvalue weighted by Gasteiger charge is -2.55. The van der Waals surface area contributed by atoms with Crippen molar-refractivity contribution in [3.8, 4) is 0 Å². The van der Waals surface area contributed by atoms with Gasteiger partial charge in [0.15, 0.2) is 0 Å². The van der Waals surface area contributed by atoms with E-state index in [2.05, 4.69) is 10.6 Å². The van der Waals surface area contributed by atoms with Crippen LogP contribution in [0.25, 0.3) is 0 Å². The fraction of sp³-hybridized carbons (Fsp3) is 0.619. The van der Waals surface area contributed by atoms with Crippen LogP contribution in [0.2, 0.25) is 0 Å². The van der Waals surface area contributed by atoms with Crippen LogP contribution in [0.4, 0.5) is 4.39 Å². The molecule has 0 heterocycles. The fourth-order valence-corrected chi connectivity index (χ4v) is 5.76. The number of carbonyl (C=O) groups excluding carboxylic acids is 2. The van der Waals surface area contributed by atoms with Gasteiger partial charge in [0.1, 0.15) is 5.82 Å². The summed E-state index contributed by atoms with van der Waals surface area (Å²) >= 11 is 0. The minimum atomic E-state index is -0.382. The number of benzene rings is 1. The van der Waals surface area contributed by atoms with E-state index in [0.717, 1.165) is 37.0 Å². The summed E-state index contributed by atoms with van der Waals surface area (Å²) in [7, 11) is 0. The van der Waals surface area contributed by atoms with Gasteiger partial charge in [-0.1, -0.05) is 6.07 Å². The van der Waals surface area contributed by atoms with Gasteiger partial charge in [0.2, 0.25) is 5.91 Å². The second-order valence-corrected chi connectivity index (χ2v) is 8.67. The molecule has 0 spiro atoms. The monoisotopic (exact) mass is 358 g/mol. The molecule has 4 saturated carbocycles. The van der Waals surface area contributed by atoms with Crippen LogP contribution in [0.3, 0.4) is 0 Å². The summed E-state index contributed by atoms with van der Waals surface area (Å²) in [6.45, 7) is 2.43. The molecule has 4 aliphatic carbocycles. The molecule has 1 aromatic carbocycles. The molecule has 4 aliphatic rings. The van der Waals surface area contributed by atoms with Crippen LogP contribution >= 0.6 is 0 Å². The number of hydrogen-bond acceptors (Lipinski definition) is 2. The number of hydrogen-bond donors (Lipinski definition) is 2. The van der Waals surface area contributed by atoms with Gasteiger partial charge in [0.05, 0.1) is 0 Å². The van der Waals surface area contributed by atoms with Crippen LogP contribution in [-0.2, 0) is 4.79 Å². The summed E-state index contributed by atoms with van der Waals surface area (Å²) in [6, 6.07) is 4.46. The lowest BCUT2D eigenvalue weighted by Crippen LogP contribution is -2.54. The number of amides is 2. The zero-order chi connectivity index (χ0) is 18.3. The Morgan fingerprint density at radius 1 is 1.04 bits per heavy atom. The lowest BCUT2D eigenvalue weighted by atomic mass is 9.49. The van der Waals surface area contributed by atoms with E-state index < -0.39 is 0 Å². The Labute approximate surface area is 153 Å². The molecule has 2 amide bonds. The number of halogens is 1. The largest absolute Gasteiger partial charge is 0.354 e. The minimum Gasteiger partial charge on any atom is -0.354 e. The molecule has 0 aromatic heterocycles. The van der Waals surface area contributed by atoms with Crippen LogP contribution in [0.15, 0.2) is 18.2 Å². The number of aryl methyl sites for hydroxylation is 1. The predicted octanol–water partition coefficient (Wildman–Crippen LogP) is 3.20. The Morgan fingerprint density at radius 3 is 2.19 bits per heavy atom. The number of rotatable bonds is 5. The van der Waals surface area contributed by atoms with E-state index in [4.69, 9.17) is 0 Å². The van der Waals surface area contributed by atoms with Gasteiger partial charge in [-0.05, 0) is 80.9 Å². The highest BCUT2D eigenvalue weighted by Gasteiger charge is 2.54. The van der Waals surface area contributed by atoms with E-state index in [-0.39, 0.29) is 23.0 Å². The van der Waals surface area contributed by atoms with Crippen molar-refractivity contribution in [3.63, 3.8) is 0 Å². The molecule has 0 atom stereocenters. The maximum absolute atomic E-state index is 13.6. The Kier molecular flexibility index (Phi) is 4.49. The van der Waals surface area contributed by atoms with Gasteiger partial charge < -0.3 is 10.6 Å². The molecule has 0 aliphatic heterocycles. The van der Waals surface area contributed by atoms with Crippen LogP contribution < -0.4 is 10.6 Å². The summed E-state index contributed by atoms with van der Waals surface area (Å²) in [5.74, 6) is 1.70. The number of nitrogens with one attached hydrogen (secondary N) is 2. The van der Waals surface area contributed by atoms with E-state index in [1.54, 1.807) is 19.1 Å². The third-order valence-corrected chi connectivity index (χ3v) is 6.65. The van der Waals surface area contributed by atoms with Crippen molar-refractivity contribution in [1.82, 2.24) is 10.6 Å². The van der Waals surface area contributed by atoms with Crippen molar-refractivity contribution >= 4 is 11.8 Å². The van der Waals surface area contributed by atoms with Gasteiger partial charge in [0, 0.05) is 24.1 Å². The molecule has 140 valence electrons. The fourth-order valence-electron chi connectivity index (χ4n) is 5.76. The highest BCUT2D eigenvalue weighted by Crippen LogP contribution is 2.60. The zero-order valence-electron chi connectivity index (χ0n) is 15.3. The molecule has 0 saturated heterocycles. The van der Waals surface area contributed by atoms with Gasteiger partial charge >= 0.3 is 0 Å². The summed E-state index contributed by atoms with van der Waals surface area (Å²) in [5, 5.41) is 5.79. The quantitative estimate of drug-likeness (QED) is 0.794. The normalized spacial score (nSPS) is 31.7. The third kappa shape index (κ3) is 3.24. The van der Waals surface area contributed by atoms with Crippen LogP contribution in [0.1, 0.15) is 54.4 Å². The molecule has 5 rings (SSSR count). The van der Waals surface area contributed by atoms with Crippen LogP contribution in [0.5, 0.6) is 0 Å². The average molecular weight is 358 g/mol. The van der Waals surface area contributed by atoms with Gasteiger partial charge in [-0.2, -0.15) is 0 Å². The van der Waals surface area contributed by atoms with Crippen LogP contribution in [-0.4, -0.2) is 24.9 Å². The van der Waals surface area contributed by atoms with E-state index in [0.29, 0.717) is 24.2 Å². The molecule has 0 radical (unpaired) electrons. The average Bonchev–Trinajstić information content (AvgIpc) is 2.59. The van der Waals surface area contributed by atoms with E-state index >= 15 is 0 Å². The second kappa shape index (κ2) is 6.67. The Bertz CT molecular complexity index is 695. The van der Waals surface area contributed by atoms with E-state index in [1.165, 1.54) is 25.3 Å². The molecule has 4 bridgehead atoms. The third-order valence-electron chi connectivity index (χ3n) is 6.65. The first-order valence-corrected chi connectivity index (χ1v) is 9.78. The molecule has 1 aromatic rings. The molecule has 0 unspecified atom stereocenters. The van der Waals surface area contributed by atoms with E-state index in [9.17, 15) is 14.0 Å². The van der Waals surface area contributed by atoms with Gasteiger partial charge in [-0.25, -0.2) is 4.39 Å². The number of carbonyl (C=O) groups is 2. The minimum absolute atomic E-state index is 0.154. The first-order valence-electron chi connectivity index (χ1n) is 9.78. The molecular formula is C21H27FN2O2. The Morgan fingerprint density at radius 2 is 1.62 bits per heavy atom. The maximum atomic E-state index is 13.6. The standard InChI is InChI=1S/C21H27FN2O2/c1-13-2-3-17(9-18(13)22)19(25)23-4-5-24-20(26)21-10-14-6-15(11-21)8-16(7-14)12-21/h2-3,9,14-16H,4-8,10-12H2,1H3,(H,23,25)(H,24,26). The van der Waals surface area contributed by atoms with Gasteiger partial charge in [-0.3, -0.25) is 9.59 Å². The Hall–Kier alpha value is -1.91. The summed E-state index contributed by atoms with van der Waals surface area (Å²) in [5.41, 5.74) is 0.670. The van der Waals surface area contributed by atoms with Crippen molar-refractivity contribution in [2.24, 2.45) is 23.2 Å². The molecule has 4 fully saturated rings. The van der Waals surface area contributed by atoms with Gasteiger partial charge in [-0.15, -0.1) is 0 Å². The highest BCUT2D eigenvalue weighted by molar-refractivity contribution is 5.94. The molecule has 2 N–H and O–H groups in total. The zero-order valence-corrected chi connectivity index (χ0v) is 15.3. The molecular weight excluding hydrogens is 331 g/mol. The van der Waals surface area contributed by atoms with E-state index in [1.807, 2.05) is 0 Å². The summed E-state index contributed by atoms with van der Waals surface area (Å²) < 4.78 is 13.6. The topological polar surface area (TPSA) is 58.2 Å². The van der Waals surface area contributed by atoms with Gasteiger partial charge in [0.25, 0.3) is 5.91 Å². The van der Waals surface area contributed by atoms with Crippen molar-refractivity contribution in [2.75, 3.05) is 13.1 Å². The Balaban J connectivity index is 1.26. The first kappa shape index (κ1) is 17.5. The highest BCUT2D eigenvalue weighted by atomic mass is 19.1. The second-order valence-electron chi connectivity index (χ2n) is 8.67. The smallest absolute Gasteiger partial charge is 0.251 e. The predicted molar refractivity (Wildman–Crippen MR) is 97.1 cm³/mol. The maximum Gasteiger partial charge on any atom is 0.251 e.